The van der Waals surface area contributed by atoms with E-state index in [1.165, 1.54) is 0 Å². The van der Waals surface area contributed by atoms with Crippen molar-refractivity contribution in [1.29, 1.82) is 0 Å². The Morgan fingerprint density at radius 1 is 0.426 bits per heavy atom. The van der Waals surface area contributed by atoms with Crippen molar-refractivity contribution in [2.75, 3.05) is 0 Å². The summed E-state index contributed by atoms with van der Waals surface area (Å²) >= 11 is 0. The third-order valence-electron chi connectivity index (χ3n) is 12.2. The molecule has 3 nitrogen and oxygen atoms in total. The van der Waals surface area contributed by atoms with Gasteiger partial charge in [-0.1, -0.05) is 134 Å². The molecule has 1 heterocycles. The zero-order valence-corrected chi connectivity index (χ0v) is 40.3. The first-order chi connectivity index (χ1) is 28.4. The van der Waals surface area contributed by atoms with Gasteiger partial charge in [-0.15, -0.1) is 24.3 Å². The van der Waals surface area contributed by atoms with Crippen LogP contribution in [0.4, 0.5) is 0 Å². The van der Waals surface area contributed by atoms with Gasteiger partial charge in [-0.05, 0) is 83.0 Å². The van der Waals surface area contributed by atoms with E-state index < -0.39 is 0 Å². The first-order valence-electron chi connectivity index (χ1n) is 21.0. The van der Waals surface area contributed by atoms with Crippen molar-refractivity contribution in [2.45, 2.75) is 80.1 Å². The summed E-state index contributed by atoms with van der Waals surface area (Å²) in [5, 5.41) is 23.5. The Labute approximate surface area is 386 Å². The van der Waals surface area contributed by atoms with Crippen molar-refractivity contribution in [3.8, 4) is 56.3 Å². The van der Waals surface area contributed by atoms with Crippen LogP contribution >= 0.6 is 0 Å². The third kappa shape index (κ3) is 11.5. The number of nitrogens with zero attached hydrogens (tertiary/aromatic N) is 1. The maximum Gasteiger partial charge on any atom is 0.127 e. The van der Waals surface area contributed by atoms with Crippen molar-refractivity contribution in [3.05, 3.63) is 199 Å². The molecule has 0 bridgehead atoms. The van der Waals surface area contributed by atoms with Crippen LogP contribution in [0.5, 0.6) is 11.5 Å². The van der Waals surface area contributed by atoms with Gasteiger partial charge in [-0.3, -0.25) is 0 Å². The molecule has 0 radical (unpaired) electrons. The summed E-state index contributed by atoms with van der Waals surface area (Å²) in [5.41, 5.74) is 13.0. The van der Waals surface area contributed by atoms with Crippen molar-refractivity contribution in [3.63, 3.8) is 0 Å². The fraction of sp³-hybridized carbons (Fsp3) is 0.246. The van der Waals surface area contributed by atoms with Crippen LogP contribution in [-0.4, -0.2) is 15.2 Å². The number of aryl methyl sites for hydroxylation is 2. The van der Waals surface area contributed by atoms with Gasteiger partial charge >= 0.3 is 0 Å². The van der Waals surface area contributed by atoms with Gasteiger partial charge in [0, 0.05) is 59.6 Å². The Hall–Kier alpha value is -5.31. The topological polar surface area (TPSA) is 53.4 Å². The van der Waals surface area contributed by atoms with Crippen molar-refractivity contribution >= 4 is 0 Å². The van der Waals surface area contributed by atoms with E-state index >= 15 is 0 Å². The van der Waals surface area contributed by atoms with Crippen LogP contribution in [0.3, 0.4) is 0 Å². The van der Waals surface area contributed by atoms with Crippen LogP contribution in [0.25, 0.3) is 44.8 Å². The third-order valence-corrected chi connectivity index (χ3v) is 12.2. The number of pyridine rings is 1. The molecule has 61 heavy (non-hydrogen) atoms. The van der Waals surface area contributed by atoms with Crippen molar-refractivity contribution < 1.29 is 36.4 Å². The number of benzene rings is 6. The first kappa shape index (κ1) is 48.4. The van der Waals surface area contributed by atoms with Gasteiger partial charge in [0.15, 0.2) is 0 Å². The number of aromatic hydroxyl groups is 2. The molecule has 2 N–H and O–H groups in total. The summed E-state index contributed by atoms with van der Waals surface area (Å²) in [6.07, 6.45) is 0. The number of hydrogen-bond donors (Lipinski definition) is 2. The van der Waals surface area contributed by atoms with Gasteiger partial charge < -0.3 is 10.2 Å². The molecule has 314 valence electrons. The largest absolute Gasteiger partial charge is 0.507 e. The van der Waals surface area contributed by atoms with Crippen LogP contribution in [0.15, 0.2) is 152 Å². The van der Waals surface area contributed by atoms with Crippen LogP contribution in [0.2, 0.25) is 0 Å². The van der Waals surface area contributed by atoms with Gasteiger partial charge in [0.25, 0.3) is 0 Å². The molecule has 0 unspecified atom stereocenters. The van der Waals surface area contributed by atoms with Crippen LogP contribution in [0, 0.1) is 39.5 Å². The summed E-state index contributed by atoms with van der Waals surface area (Å²) in [7, 11) is 0. The second kappa shape index (κ2) is 21.0. The molecule has 0 aliphatic rings. The summed E-state index contributed by atoms with van der Waals surface area (Å²) < 4.78 is 0. The van der Waals surface area contributed by atoms with E-state index in [-0.39, 0.29) is 37.0 Å². The number of rotatable bonds is 8. The van der Waals surface area contributed by atoms with Crippen molar-refractivity contribution in [1.82, 2.24) is 4.98 Å². The van der Waals surface area contributed by atoms with Crippen LogP contribution in [-0.2, 0) is 37.0 Å². The molecule has 0 spiro atoms. The van der Waals surface area contributed by atoms with Gasteiger partial charge in [-0.25, -0.2) is 4.98 Å². The molecule has 0 saturated heterocycles. The van der Waals surface area contributed by atoms with Crippen LogP contribution < -0.4 is 0 Å². The Balaban J connectivity index is 0.000000460. The standard InChI is InChI=1S/C43H49NO2.2C7H7.Zr/c1-26(2)42(7,8)36-24-28(5)22-34(40(36)45)30-16-11-13-18-32(30)38-20-15-21-39(44-38)33-19-14-12-17-31(33)35-23-29(6)25-37(41(35)46)43(9,10)27(3)4;2*1-7-5-3-2-4-6-7;/h11-27,45-46H,1-10H3;2*2-6H,1H2;/q;2*-1;. The fourth-order valence-electron chi connectivity index (χ4n) is 7.15. The van der Waals surface area contributed by atoms with E-state index in [1.807, 2.05) is 103 Å². The van der Waals surface area contributed by atoms with E-state index in [1.54, 1.807) is 0 Å². The molecular weight excluding hydrogens is 822 g/mol. The molecule has 0 fully saturated rings. The van der Waals surface area contributed by atoms with E-state index in [2.05, 4.69) is 132 Å². The predicted molar refractivity (Wildman–Crippen MR) is 256 cm³/mol. The molecular formula is C57H63NO2Zr-2. The molecule has 0 atom stereocenters. The molecule has 0 amide bonds. The summed E-state index contributed by atoms with van der Waals surface area (Å²) in [5.74, 6) is 1.35. The minimum absolute atomic E-state index is 0. The molecule has 1 aromatic heterocycles. The monoisotopic (exact) mass is 883 g/mol. The molecule has 0 aliphatic carbocycles. The quantitative estimate of drug-likeness (QED) is 0.150. The maximum atomic E-state index is 11.7. The summed E-state index contributed by atoms with van der Waals surface area (Å²) in [6, 6.07) is 50.6. The minimum atomic E-state index is -0.201. The van der Waals surface area contributed by atoms with E-state index in [0.29, 0.717) is 23.3 Å². The number of aromatic nitrogens is 1. The average molecular weight is 885 g/mol. The van der Waals surface area contributed by atoms with E-state index in [4.69, 9.17) is 4.98 Å². The van der Waals surface area contributed by atoms with Gasteiger partial charge in [-0.2, -0.15) is 49.2 Å². The summed E-state index contributed by atoms with van der Waals surface area (Å²) in [6.45, 7) is 29.2. The first-order valence-corrected chi connectivity index (χ1v) is 21.0. The van der Waals surface area contributed by atoms with Gasteiger partial charge in [0.2, 0.25) is 0 Å². The Morgan fingerprint density at radius 3 is 1.03 bits per heavy atom. The SMILES string of the molecule is Cc1cc(-c2ccccc2-c2cccc(-c3ccccc3-c3cc(C)cc(C(C)(C)C(C)C)c3O)n2)c(O)c(C(C)(C)C(C)C)c1.[CH2-]c1ccccc1.[CH2-]c1ccccc1.[Zr]. The van der Waals surface area contributed by atoms with Crippen LogP contribution in [0.1, 0.15) is 88.8 Å². The zero-order chi connectivity index (χ0) is 43.8. The zero-order valence-electron chi connectivity index (χ0n) is 37.8. The Bertz CT molecular complexity index is 2330. The molecule has 7 rings (SSSR count). The number of phenolic OH excluding ortho intramolecular Hbond substituents is 2. The smallest absolute Gasteiger partial charge is 0.127 e. The Morgan fingerprint density at radius 2 is 0.738 bits per heavy atom. The number of phenols is 2. The molecule has 7 aromatic rings. The Kier molecular flexibility index (Phi) is 16.6. The van der Waals surface area contributed by atoms with E-state index in [0.717, 1.165) is 78.1 Å². The molecule has 0 aliphatic heterocycles. The maximum absolute atomic E-state index is 11.7. The number of hydrogen-bond acceptors (Lipinski definition) is 3. The van der Waals surface area contributed by atoms with E-state index in [9.17, 15) is 10.2 Å². The normalized spacial score (nSPS) is 11.2. The average Bonchev–Trinajstić information content (AvgIpc) is 3.23. The van der Waals surface area contributed by atoms with Gasteiger partial charge in [0.1, 0.15) is 11.5 Å². The minimum Gasteiger partial charge on any atom is -0.507 e. The second-order valence-corrected chi connectivity index (χ2v) is 17.6. The second-order valence-electron chi connectivity index (χ2n) is 17.6. The van der Waals surface area contributed by atoms with Gasteiger partial charge in [0.05, 0.1) is 11.4 Å². The van der Waals surface area contributed by atoms with Crippen molar-refractivity contribution in [2.24, 2.45) is 11.8 Å². The predicted octanol–water partition coefficient (Wildman–Crippen LogP) is 15.4. The fourth-order valence-corrected chi connectivity index (χ4v) is 7.15. The summed E-state index contributed by atoms with van der Waals surface area (Å²) in [4.78, 5) is 5.23. The molecule has 6 aromatic carbocycles. The molecule has 0 saturated carbocycles. The molecule has 4 heteroatoms.